The maximum Gasteiger partial charge on any atom is 0.416 e. The van der Waals surface area contributed by atoms with Gasteiger partial charge in [-0.2, -0.15) is 18.3 Å². The van der Waals surface area contributed by atoms with Crippen molar-refractivity contribution >= 4 is 27.5 Å². The number of anilines is 1. The van der Waals surface area contributed by atoms with Gasteiger partial charge in [0.1, 0.15) is 6.04 Å². The lowest BCUT2D eigenvalue weighted by atomic mass is 9.65. The number of likely N-dealkylation sites (N-methyl/N-ethyl adjacent to an activating group) is 1. The highest BCUT2D eigenvalue weighted by Crippen LogP contribution is 2.51. The highest BCUT2D eigenvalue weighted by molar-refractivity contribution is 9.09. The first kappa shape index (κ1) is 20.6. The fraction of sp³-hybridized carbons (Fsp3) is 0.632. The Morgan fingerprint density at radius 2 is 1.76 bits per heavy atom. The molecule has 1 aliphatic carbocycles. The summed E-state index contributed by atoms with van der Waals surface area (Å²) in [7, 11) is 1.77. The van der Waals surface area contributed by atoms with E-state index < -0.39 is 22.8 Å². The van der Waals surface area contributed by atoms with Gasteiger partial charge in [0.25, 0.3) is 0 Å². The van der Waals surface area contributed by atoms with Gasteiger partial charge in [-0.05, 0) is 56.4 Å². The largest absolute Gasteiger partial charge is 0.416 e. The Morgan fingerprint density at radius 1 is 1.14 bits per heavy atom. The SMILES string of the molecule is CN1N=NC(Br)C1C1(O)CCC2(CCN(c3ccc(C(F)(F)F)cc3)C2=O)CC1. The molecule has 3 aliphatic rings. The third kappa shape index (κ3) is 3.43. The van der Waals surface area contributed by atoms with Gasteiger partial charge in [0.2, 0.25) is 5.91 Å². The Kier molecular flexibility index (Phi) is 4.92. The minimum absolute atomic E-state index is 0.0659. The van der Waals surface area contributed by atoms with Crippen LogP contribution >= 0.6 is 15.9 Å². The smallest absolute Gasteiger partial charge is 0.388 e. The normalized spacial score (nSPS) is 35.2. The molecule has 6 nitrogen and oxygen atoms in total. The van der Waals surface area contributed by atoms with E-state index in [-0.39, 0.29) is 16.9 Å². The Labute approximate surface area is 174 Å². The molecule has 2 heterocycles. The molecule has 1 saturated carbocycles. The van der Waals surface area contributed by atoms with Crippen molar-refractivity contribution in [1.29, 1.82) is 0 Å². The van der Waals surface area contributed by atoms with Crippen molar-refractivity contribution < 1.29 is 23.1 Å². The highest BCUT2D eigenvalue weighted by atomic mass is 79.9. The van der Waals surface area contributed by atoms with Crippen LogP contribution in [0.4, 0.5) is 18.9 Å². The molecular weight excluding hydrogens is 453 g/mol. The lowest BCUT2D eigenvalue weighted by Gasteiger charge is -2.45. The Balaban J connectivity index is 1.47. The molecular formula is C19H22BrF3N4O2. The second-order valence-electron chi connectivity index (χ2n) is 8.23. The zero-order chi connectivity index (χ0) is 21.0. The minimum Gasteiger partial charge on any atom is -0.388 e. The molecule has 4 rings (SSSR count). The minimum atomic E-state index is -4.40. The monoisotopic (exact) mass is 474 g/mol. The average Bonchev–Trinajstić information content (AvgIpc) is 3.18. The first-order valence-electron chi connectivity index (χ1n) is 9.55. The fourth-order valence-corrected chi connectivity index (χ4v) is 5.77. The van der Waals surface area contributed by atoms with Crippen LogP contribution in [0.25, 0.3) is 0 Å². The molecule has 2 unspecified atom stereocenters. The van der Waals surface area contributed by atoms with Crippen LogP contribution in [0, 0.1) is 5.41 Å². The predicted molar refractivity (Wildman–Crippen MR) is 103 cm³/mol. The van der Waals surface area contributed by atoms with E-state index in [0.717, 1.165) is 12.1 Å². The van der Waals surface area contributed by atoms with Crippen molar-refractivity contribution in [3.8, 4) is 0 Å². The van der Waals surface area contributed by atoms with Crippen LogP contribution in [0.1, 0.15) is 37.7 Å². The van der Waals surface area contributed by atoms with Gasteiger partial charge in [-0.25, -0.2) is 0 Å². The van der Waals surface area contributed by atoms with Crippen LogP contribution in [0.3, 0.4) is 0 Å². The van der Waals surface area contributed by atoms with Crippen LogP contribution < -0.4 is 4.90 Å². The molecule has 2 fully saturated rings. The molecule has 1 N–H and O–H groups in total. The molecule has 10 heteroatoms. The predicted octanol–water partition coefficient (Wildman–Crippen LogP) is 4.14. The number of amides is 1. The molecule has 0 radical (unpaired) electrons. The first-order valence-corrected chi connectivity index (χ1v) is 10.5. The van der Waals surface area contributed by atoms with E-state index in [1.54, 1.807) is 17.0 Å². The van der Waals surface area contributed by atoms with E-state index in [9.17, 15) is 23.1 Å². The zero-order valence-corrected chi connectivity index (χ0v) is 17.4. The van der Waals surface area contributed by atoms with E-state index >= 15 is 0 Å². The summed E-state index contributed by atoms with van der Waals surface area (Å²) in [4.78, 5) is 14.5. The number of benzene rings is 1. The van der Waals surface area contributed by atoms with Gasteiger partial charge in [-0.3, -0.25) is 9.80 Å². The molecule has 1 aromatic rings. The summed E-state index contributed by atoms with van der Waals surface area (Å²) in [6.07, 6.45) is -1.81. The first-order chi connectivity index (χ1) is 13.6. The molecule has 1 saturated heterocycles. The van der Waals surface area contributed by atoms with Crippen LogP contribution in [-0.4, -0.2) is 46.2 Å². The van der Waals surface area contributed by atoms with Crippen LogP contribution in [0.15, 0.2) is 34.6 Å². The average molecular weight is 475 g/mol. The van der Waals surface area contributed by atoms with Gasteiger partial charge in [0.05, 0.1) is 16.6 Å². The molecule has 158 valence electrons. The maximum absolute atomic E-state index is 13.2. The van der Waals surface area contributed by atoms with Crippen LogP contribution in [0.5, 0.6) is 0 Å². The number of hydrogen-bond donors (Lipinski definition) is 1. The molecule has 2 aliphatic heterocycles. The molecule has 1 aromatic carbocycles. The van der Waals surface area contributed by atoms with Crippen LogP contribution in [-0.2, 0) is 11.0 Å². The van der Waals surface area contributed by atoms with Gasteiger partial charge in [0, 0.05) is 19.3 Å². The van der Waals surface area contributed by atoms with Crippen LogP contribution in [0.2, 0.25) is 0 Å². The van der Waals surface area contributed by atoms with Crippen molar-refractivity contribution in [2.75, 3.05) is 18.5 Å². The number of alkyl halides is 4. The summed E-state index contributed by atoms with van der Waals surface area (Å²) in [5.41, 5.74) is -1.82. The molecule has 29 heavy (non-hydrogen) atoms. The quantitative estimate of drug-likeness (QED) is 0.517. The van der Waals surface area contributed by atoms with E-state index in [2.05, 4.69) is 26.3 Å². The molecule has 0 aromatic heterocycles. The number of hydrogen-bond acceptors (Lipinski definition) is 5. The van der Waals surface area contributed by atoms with Crippen molar-refractivity contribution in [2.24, 2.45) is 15.8 Å². The number of nitrogens with zero attached hydrogens (tertiary/aromatic N) is 4. The van der Waals surface area contributed by atoms with Crippen molar-refractivity contribution in [3.05, 3.63) is 29.8 Å². The summed E-state index contributed by atoms with van der Waals surface area (Å²) >= 11 is 3.45. The molecule has 2 atom stereocenters. The summed E-state index contributed by atoms with van der Waals surface area (Å²) in [5, 5.41) is 20.9. The van der Waals surface area contributed by atoms with Gasteiger partial charge < -0.3 is 10.0 Å². The van der Waals surface area contributed by atoms with E-state index in [1.165, 1.54) is 12.1 Å². The van der Waals surface area contributed by atoms with E-state index in [4.69, 9.17) is 0 Å². The molecule has 0 bridgehead atoms. The van der Waals surface area contributed by atoms with E-state index in [1.807, 2.05) is 0 Å². The van der Waals surface area contributed by atoms with Crippen molar-refractivity contribution in [2.45, 2.75) is 54.9 Å². The number of rotatable bonds is 2. The van der Waals surface area contributed by atoms with E-state index in [0.29, 0.717) is 44.3 Å². The zero-order valence-electron chi connectivity index (χ0n) is 15.9. The standard InChI is InChI=1S/C19H22BrF3N4O2/c1-26-14(15(20)24-25-26)18(29)8-6-17(7-9-18)10-11-27(16(17)28)13-4-2-12(3-5-13)19(21,22)23/h2-5,14-15,29H,6-11H2,1H3. The fourth-order valence-electron chi connectivity index (χ4n) is 4.85. The van der Waals surface area contributed by atoms with Gasteiger partial charge in [-0.15, -0.1) is 0 Å². The second kappa shape index (κ2) is 6.94. The summed E-state index contributed by atoms with van der Waals surface area (Å²) in [5.74, 6) is -0.0659. The second-order valence-corrected chi connectivity index (χ2v) is 9.17. The maximum atomic E-state index is 13.2. The molecule has 1 amide bonds. The van der Waals surface area contributed by atoms with Gasteiger partial charge >= 0.3 is 6.18 Å². The Morgan fingerprint density at radius 3 is 2.28 bits per heavy atom. The Bertz CT molecular complexity index is 810. The lowest BCUT2D eigenvalue weighted by molar-refractivity contribution is -0.137. The van der Waals surface area contributed by atoms with Gasteiger partial charge in [0.15, 0.2) is 4.95 Å². The molecule has 1 spiro atoms. The number of halogens is 4. The number of carbonyl (C=O) groups excluding carboxylic acids is 1. The summed E-state index contributed by atoms with van der Waals surface area (Å²) < 4.78 is 38.4. The summed E-state index contributed by atoms with van der Waals surface area (Å²) in [6, 6.07) is 4.43. The lowest BCUT2D eigenvalue weighted by Crippen LogP contribution is -2.55. The third-order valence-corrected chi connectivity index (χ3v) is 7.29. The van der Waals surface area contributed by atoms with Crippen molar-refractivity contribution in [1.82, 2.24) is 5.01 Å². The third-order valence-electron chi connectivity index (χ3n) is 6.61. The number of carbonyl (C=O) groups is 1. The Hall–Kier alpha value is -1.68. The van der Waals surface area contributed by atoms with Gasteiger partial charge in [-0.1, -0.05) is 21.2 Å². The highest BCUT2D eigenvalue weighted by Gasteiger charge is 2.56. The number of aliphatic hydroxyl groups is 1. The summed E-state index contributed by atoms with van der Waals surface area (Å²) in [6.45, 7) is 0.470. The topological polar surface area (TPSA) is 68.5 Å². The van der Waals surface area contributed by atoms with Crippen molar-refractivity contribution in [3.63, 3.8) is 0 Å².